The molecule has 1 N–H and O–H groups in total. The summed E-state index contributed by atoms with van der Waals surface area (Å²) in [7, 11) is 0. The molecule has 1 heterocycles. The largest absolute Gasteiger partial charge is 0.356 e. The third kappa shape index (κ3) is 8.06. The van der Waals surface area contributed by atoms with Gasteiger partial charge in [0.2, 0.25) is 11.8 Å². The molecule has 1 saturated carbocycles. The average molecular weight is 551 g/mol. The number of nitrogens with zero attached hydrogens (tertiary/aromatic N) is 3. The maximum absolute atomic E-state index is 14.0. The molecule has 1 aliphatic rings. The Labute approximate surface area is 243 Å². The van der Waals surface area contributed by atoms with Crippen molar-refractivity contribution in [1.82, 2.24) is 19.8 Å². The summed E-state index contributed by atoms with van der Waals surface area (Å²) in [6.07, 6.45) is 9.90. The van der Waals surface area contributed by atoms with E-state index in [0.29, 0.717) is 32.1 Å². The Morgan fingerprint density at radius 1 is 0.805 bits per heavy atom. The zero-order valence-electron chi connectivity index (χ0n) is 24.0. The van der Waals surface area contributed by atoms with E-state index in [1.54, 1.807) is 0 Å². The predicted octanol–water partition coefficient (Wildman–Crippen LogP) is 6.47. The van der Waals surface area contributed by atoms with Gasteiger partial charge in [0, 0.05) is 25.6 Å². The maximum atomic E-state index is 14.0. The third-order valence-electron chi connectivity index (χ3n) is 8.17. The normalized spacial score (nSPS) is 13.8. The van der Waals surface area contributed by atoms with Gasteiger partial charge in [0.25, 0.3) is 0 Å². The molecule has 0 radical (unpaired) electrons. The van der Waals surface area contributed by atoms with E-state index in [-0.39, 0.29) is 11.8 Å². The first-order chi connectivity index (χ1) is 20.2. The average Bonchev–Trinajstić information content (AvgIpc) is 3.36. The summed E-state index contributed by atoms with van der Waals surface area (Å²) in [5.41, 5.74) is 4.17. The van der Waals surface area contributed by atoms with Crippen LogP contribution in [0, 0.1) is 0 Å². The van der Waals surface area contributed by atoms with Gasteiger partial charge in [-0.25, -0.2) is 4.98 Å². The van der Waals surface area contributed by atoms with E-state index in [9.17, 15) is 9.59 Å². The van der Waals surface area contributed by atoms with Gasteiger partial charge < -0.3 is 14.8 Å². The van der Waals surface area contributed by atoms with Crippen molar-refractivity contribution in [3.8, 4) is 0 Å². The van der Waals surface area contributed by atoms with E-state index < -0.39 is 0 Å². The molecule has 0 unspecified atom stereocenters. The van der Waals surface area contributed by atoms with Crippen molar-refractivity contribution in [2.24, 2.45) is 0 Å². The lowest BCUT2D eigenvalue weighted by molar-refractivity contribution is -0.135. The molecule has 3 aromatic carbocycles. The monoisotopic (exact) mass is 550 g/mol. The summed E-state index contributed by atoms with van der Waals surface area (Å²) in [6, 6.07) is 28.6. The van der Waals surface area contributed by atoms with E-state index >= 15 is 0 Å². The predicted molar refractivity (Wildman–Crippen MR) is 164 cm³/mol. The van der Waals surface area contributed by atoms with E-state index in [2.05, 4.69) is 45.1 Å². The Balaban J connectivity index is 1.19. The molecule has 0 atom stereocenters. The molecular formula is C35H42N4O2. The molecule has 0 bridgehead atoms. The molecular weight excluding hydrogens is 508 g/mol. The molecule has 2 amide bonds. The second-order valence-corrected chi connectivity index (χ2v) is 11.2. The number of unbranched alkanes of at least 4 members (excludes halogenated alkanes) is 2. The molecule has 0 aliphatic heterocycles. The molecule has 0 spiro atoms. The molecule has 214 valence electrons. The molecule has 0 saturated heterocycles. The minimum absolute atomic E-state index is 0.0644. The number of fused-ring (bicyclic) bond motifs is 1. The van der Waals surface area contributed by atoms with Crippen molar-refractivity contribution in [2.45, 2.75) is 83.3 Å². The maximum Gasteiger partial charge on any atom is 0.243 e. The van der Waals surface area contributed by atoms with Crippen LogP contribution in [0.3, 0.4) is 0 Å². The van der Waals surface area contributed by atoms with Crippen molar-refractivity contribution in [3.05, 3.63) is 102 Å². The highest BCUT2D eigenvalue weighted by Gasteiger charge is 2.27. The lowest BCUT2D eigenvalue weighted by atomic mass is 9.93. The van der Waals surface area contributed by atoms with Gasteiger partial charge in [0.1, 0.15) is 12.4 Å². The highest BCUT2D eigenvalue weighted by atomic mass is 16.2. The fraction of sp³-hybridized carbons (Fsp3) is 0.400. The summed E-state index contributed by atoms with van der Waals surface area (Å²) in [5, 5.41) is 3.04. The molecule has 6 nitrogen and oxygen atoms in total. The number of rotatable bonds is 13. The fourth-order valence-corrected chi connectivity index (χ4v) is 5.97. The van der Waals surface area contributed by atoms with Gasteiger partial charge in [-0.2, -0.15) is 0 Å². The quantitative estimate of drug-likeness (QED) is 0.194. The van der Waals surface area contributed by atoms with Gasteiger partial charge in [-0.1, -0.05) is 98.5 Å². The minimum Gasteiger partial charge on any atom is -0.356 e. The van der Waals surface area contributed by atoms with Crippen LogP contribution in [-0.4, -0.2) is 38.9 Å². The topological polar surface area (TPSA) is 67.2 Å². The highest BCUT2D eigenvalue weighted by Crippen LogP contribution is 2.26. The van der Waals surface area contributed by atoms with Gasteiger partial charge in [-0.05, 0) is 48.9 Å². The van der Waals surface area contributed by atoms with Gasteiger partial charge in [0.15, 0.2) is 0 Å². The standard InChI is InChI=1S/C35H42N4O2/c40-34(25-28-15-5-1-6-16-28)36-24-14-4-11-23-33-37-31-21-12-13-22-32(31)39(33)27-35(41)38(30-19-9-3-10-20-30)26-29-17-7-2-8-18-29/h1-2,5-8,12-13,15-18,21-22,30H,3-4,9-11,14,19-20,23-27H2,(H,36,40). The van der Waals surface area contributed by atoms with Crippen LogP contribution >= 0.6 is 0 Å². The number of imidazole rings is 1. The summed E-state index contributed by atoms with van der Waals surface area (Å²) < 4.78 is 2.14. The minimum atomic E-state index is 0.0644. The second kappa shape index (κ2) is 14.6. The molecule has 1 fully saturated rings. The summed E-state index contributed by atoms with van der Waals surface area (Å²) in [5.74, 6) is 1.21. The molecule has 4 aromatic rings. The lowest BCUT2D eigenvalue weighted by Gasteiger charge is -2.35. The number of para-hydroxylation sites is 2. The first-order valence-electron chi connectivity index (χ1n) is 15.3. The van der Waals surface area contributed by atoms with Crippen LogP contribution < -0.4 is 5.32 Å². The van der Waals surface area contributed by atoms with Crippen LogP contribution in [0.1, 0.15) is 68.3 Å². The number of aromatic nitrogens is 2. The van der Waals surface area contributed by atoms with Crippen LogP contribution in [-0.2, 0) is 35.5 Å². The zero-order valence-corrected chi connectivity index (χ0v) is 24.0. The van der Waals surface area contributed by atoms with Gasteiger partial charge >= 0.3 is 0 Å². The third-order valence-corrected chi connectivity index (χ3v) is 8.17. The molecule has 1 aliphatic carbocycles. The van der Waals surface area contributed by atoms with Gasteiger partial charge in [-0.15, -0.1) is 0 Å². The first-order valence-corrected chi connectivity index (χ1v) is 15.3. The zero-order chi connectivity index (χ0) is 28.3. The van der Waals surface area contributed by atoms with E-state index in [4.69, 9.17) is 4.98 Å². The first kappa shape index (κ1) is 28.6. The van der Waals surface area contributed by atoms with Crippen LogP contribution in [0.5, 0.6) is 0 Å². The summed E-state index contributed by atoms with van der Waals surface area (Å²) >= 11 is 0. The van der Waals surface area contributed by atoms with Crippen molar-refractivity contribution in [1.29, 1.82) is 0 Å². The van der Waals surface area contributed by atoms with Gasteiger partial charge in [-0.3, -0.25) is 9.59 Å². The fourth-order valence-electron chi connectivity index (χ4n) is 5.97. The van der Waals surface area contributed by atoms with E-state index in [0.717, 1.165) is 60.9 Å². The molecule has 5 rings (SSSR count). The van der Waals surface area contributed by atoms with E-state index in [1.165, 1.54) is 24.8 Å². The van der Waals surface area contributed by atoms with Crippen molar-refractivity contribution >= 4 is 22.8 Å². The number of hydrogen-bond donors (Lipinski definition) is 1. The van der Waals surface area contributed by atoms with Crippen LogP contribution in [0.25, 0.3) is 11.0 Å². The van der Waals surface area contributed by atoms with Crippen LogP contribution in [0.2, 0.25) is 0 Å². The Morgan fingerprint density at radius 3 is 2.24 bits per heavy atom. The molecule has 1 aromatic heterocycles. The van der Waals surface area contributed by atoms with Crippen molar-refractivity contribution < 1.29 is 9.59 Å². The van der Waals surface area contributed by atoms with Crippen molar-refractivity contribution in [2.75, 3.05) is 6.54 Å². The Hall–Kier alpha value is -3.93. The number of nitrogens with one attached hydrogen (secondary N) is 1. The Kier molecular flexibility index (Phi) is 10.2. The molecule has 41 heavy (non-hydrogen) atoms. The van der Waals surface area contributed by atoms with Crippen molar-refractivity contribution in [3.63, 3.8) is 0 Å². The summed E-state index contributed by atoms with van der Waals surface area (Å²) in [6.45, 7) is 1.65. The second-order valence-electron chi connectivity index (χ2n) is 11.2. The van der Waals surface area contributed by atoms with Crippen LogP contribution in [0.15, 0.2) is 84.9 Å². The van der Waals surface area contributed by atoms with Crippen LogP contribution in [0.4, 0.5) is 0 Å². The lowest BCUT2D eigenvalue weighted by Crippen LogP contribution is -2.42. The number of amides is 2. The SMILES string of the molecule is O=C(Cc1ccccc1)NCCCCCc1nc2ccccc2n1CC(=O)N(Cc1ccccc1)C1CCCCC1. The highest BCUT2D eigenvalue weighted by molar-refractivity contribution is 5.81. The van der Waals surface area contributed by atoms with E-state index in [1.807, 2.05) is 54.6 Å². The number of aryl methyl sites for hydroxylation is 1. The molecule has 6 heteroatoms. The number of carbonyl (C=O) groups is 2. The summed E-state index contributed by atoms with van der Waals surface area (Å²) in [4.78, 5) is 33.3. The Bertz CT molecular complexity index is 1390. The smallest absolute Gasteiger partial charge is 0.243 e. The number of hydrogen-bond acceptors (Lipinski definition) is 3. The Morgan fingerprint density at radius 2 is 1.49 bits per heavy atom. The van der Waals surface area contributed by atoms with Gasteiger partial charge in [0.05, 0.1) is 17.5 Å². The number of benzene rings is 3. The number of carbonyl (C=O) groups excluding carboxylic acids is 2.